The lowest BCUT2D eigenvalue weighted by molar-refractivity contribution is -0.122. The van der Waals surface area contributed by atoms with Gasteiger partial charge in [0.05, 0.1) is 16.1 Å². The van der Waals surface area contributed by atoms with Gasteiger partial charge in [-0.05, 0) is 31.2 Å². The lowest BCUT2D eigenvalue weighted by Crippen LogP contribution is -2.46. The normalized spacial score (nSPS) is 23.7. The average molecular weight is 276 g/mol. The molecule has 1 aliphatic heterocycles. The molecule has 1 aliphatic rings. The molecule has 2 aromatic heterocycles. The van der Waals surface area contributed by atoms with Gasteiger partial charge in [-0.25, -0.2) is 9.97 Å². The van der Waals surface area contributed by atoms with Gasteiger partial charge in [-0.2, -0.15) is 0 Å². The molecule has 1 amide bonds. The number of piperidine rings is 1. The summed E-state index contributed by atoms with van der Waals surface area (Å²) in [5, 5.41) is 2.02. The Balaban J connectivity index is 1.99. The largest absolute Gasteiger partial charge is 0.369 e. The first-order valence-electron chi connectivity index (χ1n) is 6.41. The van der Waals surface area contributed by atoms with E-state index >= 15 is 0 Å². The van der Waals surface area contributed by atoms with Crippen LogP contribution in [-0.4, -0.2) is 28.5 Å². The molecule has 0 aromatic carbocycles. The van der Waals surface area contributed by atoms with Crippen LogP contribution in [0.2, 0.25) is 0 Å². The van der Waals surface area contributed by atoms with E-state index in [1.165, 1.54) is 0 Å². The van der Waals surface area contributed by atoms with E-state index in [0.717, 1.165) is 28.9 Å². The molecule has 1 fully saturated rings. The van der Waals surface area contributed by atoms with Crippen LogP contribution in [0.3, 0.4) is 0 Å². The van der Waals surface area contributed by atoms with Crippen LogP contribution in [0.5, 0.6) is 0 Å². The molecule has 6 heteroatoms. The highest BCUT2D eigenvalue weighted by atomic mass is 32.1. The molecule has 2 aromatic rings. The molecule has 0 unspecified atom stereocenters. The fourth-order valence-corrected chi connectivity index (χ4v) is 3.46. The number of nitrogens with zero attached hydrogens (tertiary/aromatic N) is 3. The number of carbonyl (C=O) groups excluding carboxylic acids is 1. The van der Waals surface area contributed by atoms with Crippen LogP contribution in [0.1, 0.15) is 19.8 Å². The van der Waals surface area contributed by atoms with Gasteiger partial charge < -0.3 is 10.6 Å². The first-order valence-corrected chi connectivity index (χ1v) is 7.29. The van der Waals surface area contributed by atoms with E-state index in [0.29, 0.717) is 12.6 Å². The Labute approximate surface area is 115 Å². The topological polar surface area (TPSA) is 72.1 Å². The van der Waals surface area contributed by atoms with E-state index in [4.69, 9.17) is 5.73 Å². The van der Waals surface area contributed by atoms with Crippen LogP contribution in [0.4, 0.5) is 5.82 Å². The molecule has 1 saturated heterocycles. The molecule has 2 N–H and O–H groups in total. The summed E-state index contributed by atoms with van der Waals surface area (Å²) < 4.78 is 1.08. The summed E-state index contributed by atoms with van der Waals surface area (Å²) >= 11 is 1.64. The Hall–Kier alpha value is -1.69. The third-order valence-corrected chi connectivity index (χ3v) is 4.68. The predicted molar refractivity (Wildman–Crippen MR) is 76.1 cm³/mol. The highest BCUT2D eigenvalue weighted by Crippen LogP contribution is 2.33. The Bertz CT molecular complexity index is 611. The maximum atomic E-state index is 11.4. The number of fused-ring (bicyclic) bond motifs is 1. The smallest absolute Gasteiger partial charge is 0.222 e. The van der Waals surface area contributed by atoms with Crippen LogP contribution < -0.4 is 10.6 Å². The van der Waals surface area contributed by atoms with Crippen LogP contribution in [0, 0.1) is 5.92 Å². The van der Waals surface area contributed by atoms with Crippen molar-refractivity contribution in [3.8, 4) is 0 Å². The molecule has 2 atom stereocenters. The minimum Gasteiger partial charge on any atom is -0.369 e. The minimum atomic E-state index is -0.214. The molecule has 0 spiro atoms. The van der Waals surface area contributed by atoms with Gasteiger partial charge in [-0.3, -0.25) is 4.79 Å². The summed E-state index contributed by atoms with van der Waals surface area (Å²) in [6.07, 6.45) is 3.42. The van der Waals surface area contributed by atoms with Crippen molar-refractivity contribution < 1.29 is 4.79 Å². The fraction of sp³-hybridized carbons (Fsp3) is 0.462. The molecule has 3 heterocycles. The number of primary amides is 1. The minimum absolute atomic E-state index is 0.0822. The summed E-state index contributed by atoms with van der Waals surface area (Å²) in [7, 11) is 0. The third-order valence-electron chi connectivity index (χ3n) is 3.78. The van der Waals surface area contributed by atoms with Crippen molar-refractivity contribution in [3.05, 3.63) is 17.8 Å². The average Bonchev–Trinajstić information content (AvgIpc) is 2.87. The lowest BCUT2D eigenvalue weighted by atomic mass is 9.93. The first-order chi connectivity index (χ1) is 9.16. The van der Waals surface area contributed by atoms with Gasteiger partial charge in [0.15, 0.2) is 0 Å². The Morgan fingerprint density at radius 2 is 2.32 bits per heavy atom. The van der Waals surface area contributed by atoms with Crippen LogP contribution in [-0.2, 0) is 4.79 Å². The third kappa shape index (κ3) is 2.16. The second-order valence-electron chi connectivity index (χ2n) is 5.01. The molecule has 0 saturated carbocycles. The quantitative estimate of drug-likeness (QED) is 0.907. The van der Waals surface area contributed by atoms with Crippen molar-refractivity contribution in [2.45, 2.75) is 25.8 Å². The van der Waals surface area contributed by atoms with Gasteiger partial charge in [0, 0.05) is 12.6 Å². The van der Waals surface area contributed by atoms with E-state index in [2.05, 4.69) is 21.8 Å². The molecular formula is C13H16N4OS. The zero-order valence-electron chi connectivity index (χ0n) is 10.7. The van der Waals surface area contributed by atoms with E-state index < -0.39 is 0 Å². The Morgan fingerprint density at radius 3 is 3.11 bits per heavy atom. The monoisotopic (exact) mass is 276 g/mol. The fourth-order valence-electron chi connectivity index (χ4n) is 2.61. The number of amides is 1. The van der Waals surface area contributed by atoms with Crippen LogP contribution in [0.25, 0.3) is 10.2 Å². The second-order valence-corrected chi connectivity index (χ2v) is 5.93. The summed E-state index contributed by atoms with van der Waals surface area (Å²) in [6.45, 7) is 2.82. The van der Waals surface area contributed by atoms with Gasteiger partial charge in [-0.1, -0.05) is 0 Å². The van der Waals surface area contributed by atoms with Gasteiger partial charge in [0.1, 0.15) is 12.1 Å². The molecule has 5 nitrogen and oxygen atoms in total. The van der Waals surface area contributed by atoms with Crippen LogP contribution >= 0.6 is 11.3 Å². The predicted octanol–water partition coefficient (Wildman–Crippen LogP) is 1.78. The van der Waals surface area contributed by atoms with E-state index in [1.54, 1.807) is 17.7 Å². The highest BCUT2D eigenvalue weighted by Gasteiger charge is 2.30. The molecule has 0 bridgehead atoms. The molecule has 0 aliphatic carbocycles. The molecule has 3 rings (SSSR count). The number of hydrogen-bond acceptors (Lipinski definition) is 5. The zero-order valence-corrected chi connectivity index (χ0v) is 11.6. The van der Waals surface area contributed by atoms with Gasteiger partial charge in [-0.15, -0.1) is 11.3 Å². The SMILES string of the molecule is C[C@@H]1CC[C@H](C(N)=O)CN1c1ncnc2ccsc12. The van der Waals surface area contributed by atoms with Gasteiger partial charge >= 0.3 is 0 Å². The zero-order chi connectivity index (χ0) is 13.4. The second kappa shape index (κ2) is 4.77. The summed E-state index contributed by atoms with van der Waals surface area (Å²) in [6, 6.07) is 2.36. The number of anilines is 1. The van der Waals surface area contributed by atoms with Crippen molar-refractivity contribution in [3.63, 3.8) is 0 Å². The lowest BCUT2D eigenvalue weighted by Gasteiger charge is -2.37. The van der Waals surface area contributed by atoms with Crippen molar-refractivity contribution >= 4 is 33.3 Å². The van der Waals surface area contributed by atoms with Crippen molar-refractivity contribution in [2.24, 2.45) is 11.7 Å². The maximum Gasteiger partial charge on any atom is 0.222 e. The molecule has 19 heavy (non-hydrogen) atoms. The number of aromatic nitrogens is 2. The molecule has 0 radical (unpaired) electrons. The number of nitrogens with two attached hydrogens (primary N) is 1. The number of rotatable bonds is 2. The Kier molecular flexibility index (Phi) is 3.10. The highest BCUT2D eigenvalue weighted by molar-refractivity contribution is 7.17. The summed E-state index contributed by atoms with van der Waals surface area (Å²) in [5.74, 6) is 0.632. The van der Waals surface area contributed by atoms with Crippen molar-refractivity contribution in [2.75, 3.05) is 11.4 Å². The first kappa shape index (κ1) is 12.3. The van der Waals surface area contributed by atoms with E-state index in [-0.39, 0.29) is 11.8 Å². The number of carbonyl (C=O) groups is 1. The standard InChI is InChI=1S/C13H16N4OS/c1-8-2-3-9(12(14)18)6-17(8)13-11-10(4-5-19-11)15-7-16-13/h4-5,7-9H,2-3,6H2,1H3,(H2,14,18)/t8-,9+/m1/s1. The van der Waals surface area contributed by atoms with E-state index in [9.17, 15) is 4.79 Å². The van der Waals surface area contributed by atoms with Crippen molar-refractivity contribution in [1.29, 1.82) is 0 Å². The summed E-state index contributed by atoms with van der Waals surface area (Å²) in [4.78, 5) is 22.3. The van der Waals surface area contributed by atoms with Crippen molar-refractivity contribution in [1.82, 2.24) is 9.97 Å². The van der Waals surface area contributed by atoms with Gasteiger partial charge in [0.25, 0.3) is 0 Å². The van der Waals surface area contributed by atoms with E-state index in [1.807, 2.05) is 11.4 Å². The van der Waals surface area contributed by atoms with Crippen LogP contribution in [0.15, 0.2) is 17.8 Å². The van der Waals surface area contributed by atoms with Gasteiger partial charge in [0.2, 0.25) is 5.91 Å². The number of thiophene rings is 1. The number of hydrogen-bond donors (Lipinski definition) is 1. The Morgan fingerprint density at radius 1 is 1.47 bits per heavy atom. The molecule has 100 valence electrons. The summed E-state index contributed by atoms with van der Waals surface area (Å²) in [5.41, 5.74) is 6.41. The maximum absolute atomic E-state index is 11.4. The molecular weight excluding hydrogens is 260 g/mol.